The smallest absolute Gasteiger partial charge is 0.233 e. The molecule has 2 aliphatic rings. The summed E-state index contributed by atoms with van der Waals surface area (Å²) < 4.78 is 5.56. The Labute approximate surface area is 113 Å². The van der Waals surface area contributed by atoms with Gasteiger partial charge >= 0.3 is 0 Å². The summed E-state index contributed by atoms with van der Waals surface area (Å²) in [4.78, 5) is 14.4. The Hall–Kier alpha value is -1.55. The van der Waals surface area contributed by atoms with Crippen molar-refractivity contribution < 1.29 is 14.6 Å². The number of para-hydroxylation sites is 1. The van der Waals surface area contributed by atoms with Crippen LogP contribution in [-0.2, 0) is 4.79 Å². The molecule has 4 heteroatoms. The van der Waals surface area contributed by atoms with Gasteiger partial charge in [0.05, 0.1) is 5.60 Å². The van der Waals surface area contributed by atoms with E-state index in [4.69, 9.17) is 4.74 Å². The molecule has 0 radical (unpaired) electrons. The van der Waals surface area contributed by atoms with E-state index in [0.29, 0.717) is 13.2 Å². The number of rotatable bonds is 1. The number of amides is 1. The fourth-order valence-electron chi connectivity index (χ4n) is 3.00. The van der Waals surface area contributed by atoms with E-state index in [0.717, 1.165) is 30.7 Å². The van der Waals surface area contributed by atoms with Crippen LogP contribution in [0.4, 0.5) is 0 Å². The Morgan fingerprint density at radius 3 is 3.05 bits per heavy atom. The number of hydrogen-bond acceptors (Lipinski definition) is 3. The summed E-state index contributed by atoms with van der Waals surface area (Å²) in [5.41, 5.74) is 0.213. The van der Waals surface area contributed by atoms with Crippen LogP contribution in [0.3, 0.4) is 0 Å². The Balaban J connectivity index is 1.78. The fraction of sp³-hybridized carbons (Fsp3) is 0.533. The van der Waals surface area contributed by atoms with E-state index >= 15 is 0 Å². The van der Waals surface area contributed by atoms with E-state index in [1.54, 1.807) is 11.8 Å². The molecule has 1 fully saturated rings. The van der Waals surface area contributed by atoms with Crippen molar-refractivity contribution in [2.75, 3.05) is 19.7 Å². The Morgan fingerprint density at radius 1 is 1.47 bits per heavy atom. The second-order valence-corrected chi connectivity index (χ2v) is 5.76. The van der Waals surface area contributed by atoms with Gasteiger partial charge < -0.3 is 14.7 Å². The number of piperidine rings is 1. The SMILES string of the molecule is CC1(O)CCCN(C(=O)C2COc3ccccc32)C1. The lowest BCUT2D eigenvalue weighted by atomic mass is 9.92. The minimum absolute atomic E-state index is 0.0740. The van der Waals surface area contributed by atoms with Crippen molar-refractivity contribution in [3.05, 3.63) is 29.8 Å². The van der Waals surface area contributed by atoms with Crippen LogP contribution in [-0.4, -0.2) is 41.2 Å². The maximum atomic E-state index is 12.6. The molecule has 0 aromatic heterocycles. The molecule has 0 spiro atoms. The number of benzene rings is 1. The van der Waals surface area contributed by atoms with Crippen LogP contribution in [0, 0.1) is 0 Å². The molecule has 2 atom stereocenters. The van der Waals surface area contributed by atoms with Crippen LogP contribution in [0.5, 0.6) is 5.75 Å². The van der Waals surface area contributed by atoms with E-state index in [2.05, 4.69) is 0 Å². The summed E-state index contributed by atoms with van der Waals surface area (Å²) in [6.45, 7) is 3.36. The van der Waals surface area contributed by atoms with Crippen LogP contribution in [0.1, 0.15) is 31.2 Å². The van der Waals surface area contributed by atoms with Gasteiger partial charge in [0.15, 0.2) is 0 Å². The predicted molar refractivity (Wildman–Crippen MR) is 71.1 cm³/mol. The topological polar surface area (TPSA) is 49.8 Å². The van der Waals surface area contributed by atoms with Gasteiger partial charge in [-0.1, -0.05) is 18.2 Å². The zero-order valence-corrected chi connectivity index (χ0v) is 11.1. The van der Waals surface area contributed by atoms with Gasteiger partial charge in [0.2, 0.25) is 5.91 Å². The molecule has 102 valence electrons. The molecule has 0 bridgehead atoms. The molecule has 1 aromatic rings. The Morgan fingerprint density at radius 2 is 2.26 bits per heavy atom. The molecule has 3 rings (SSSR count). The molecule has 2 heterocycles. The number of fused-ring (bicyclic) bond motifs is 1. The average Bonchev–Trinajstić information content (AvgIpc) is 2.80. The summed E-state index contributed by atoms with van der Waals surface area (Å²) in [7, 11) is 0. The van der Waals surface area contributed by atoms with Crippen LogP contribution < -0.4 is 4.74 Å². The monoisotopic (exact) mass is 261 g/mol. The molecular weight excluding hydrogens is 242 g/mol. The first kappa shape index (κ1) is 12.5. The molecule has 19 heavy (non-hydrogen) atoms. The van der Waals surface area contributed by atoms with E-state index in [-0.39, 0.29) is 11.8 Å². The van der Waals surface area contributed by atoms with Crippen molar-refractivity contribution in [2.45, 2.75) is 31.3 Å². The van der Waals surface area contributed by atoms with E-state index in [1.807, 2.05) is 24.3 Å². The third kappa shape index (κ3) is 2.32. The maximum absolute atomic E-state index is 12.6. The lowest BCUT2D eigenvalue weighted by Gasteiger charge is -2.37. The first-order chi connectivity index (χ1) is 9.07. The quantitative estimate of drug-likeness (QED) is 0.834. The average molecular weight is 261 g/mol. The molecule has 1 aromatic carbocycles. The molecule has 0 aliphatic carbocycles. The summed E-state index contributed by atoms with van der Waals surface area (Å²) in [6, 6.07) is 7.69. The maximum Gasteiger partial charge on any atom is 0.233 e. The number of carbonyl (C=O) groups excluding carboxylic acids is 1. The van der Waals surface area contributed by atoms with Gasteiger partial charge in [-0.05, 0) is 25.8 Å². The number of hydrogen-bond donors (Lipinski definition) is 1. The third-order valence-corrected chi connectivity index (χ3v) is 3.98. The highest BCUT2D eigenvalue weighted by molar-refractivity contribution is 5.85. The van der Waals surface area contributed by atoms with E-state index in [1.165, 1.54) is 0 Å². The Bertz CT molecular complexity index is 498. The number of ether oxygens (including phenoxy) is 1. The zero-order chi connectivity index (χ0) is 13.5. The van der Waals surface area contributed by atoms with Crippen molar-refractivity contribution in [1.29, 1.82) is 0 Å². The largest absolute Gasteiger partial charge is 0.492 e. The van der Waals surface area contributed by atoms with Crippen molar-refractivity contribution in [3.8, 4) is 5.75 Å². The highest BCUT2D eigenvalue weighted by Gasteiger charge is 2.37. The van der Waals surface area contributed by atoms with Crippen LogP contribution >= 0.6 is 0 Å². The molecule has 0 saturated carbocycles. The normalized spacial score (nSPS) is 29.8. The predicted octanol–water partition coefficient (Wildman–Crippen LogP) is 1.54. The summed E-state index contributed by atoms with van der Waals surface area (Å²) in [6.07, 6.45) is 1.61. The first-order valence-electron chi connectivity index (χ1n) is 6.80. The minimum atomic E-state index is -0.757. The zero-order valence-electron chi connectivity index (χ0n) is 11.1. The Kier molecular flexibility index (Phi) is 2.97. The van der Waals surface area contributed by atoms with Crippen LogP contribution in [0.15, 0.2) is 24.3 Å². The van der Waals surface area contributed by atoms with E-state index in [9.17, 15) is 9.90 Å². The number of carbonyl (C=O) groups is 1. The standard InChI is InChI=1S/C15H19NO3/c1-15(18)7-4-8-16(10-15)14(17)12-9-19-13-6-3-2-5-11(12)13/h2-3,5-6,12,18H,4,7-10H2,1H3. The number of β-amino-alcohol motifs (C(OH)–C–C–N with tert-alkyl or cyclic N) is 1. The van der Waals surface area contributed by atoms with Crippen molar-refractivity contribution in [1.82, 2.24) is 4.90 Å². The van der Waals surface area contributed by atoms with Gasteiger partial charge in [-0.25, -0.2) is 0 Å². The molecule has 1 N–H and O–H groups in total. The molecular formula is C15H19NO3. The van der Waals surface area contributed by atoms with Gasteiger partial charge in [-0.2, -0.15) is 0 Å². The minimum Gasteiger partial charge on any atom is -0.492 e. The van der Waals surface area contributed by atoms with Crippen molar-refractivity contribution in [2.24, 2.45) is 0 Å². The van der Waals surface area contributed by atoms with Gasteiger partial charge in [0.1, 0.15) is 18.3 Å². The van der Waals surface area contributed by atoms with Gasteiger partial charge in [-0.3, -0.25) is 4.79 Å². The third-order valence-electron chi connectivity index (χ3n) is 3.98. The van der Waals surface area contributed by atoms with Crippen molar-refractivity contribution in [3.63, 3.8) is 0 Å². The van der Waals surface area contributed by atoms with Gasteiger partial charge in [0.25, 0.3) is 0 Å². The van der Waals surface area contributed by atoms with Crippen LogP contribution in [0.2, 0.25) is 0 Å². The second-order valence-electron chi connectivity index (χ2n) is 5.76. The molecule has 1 saturated heterocycles. The highest BCUT2D eigenvalue weighted by atomic mass is 16.5. The molecule has 2 aliphatic heterocycles. The lowest BCUT2D eigenvalue weighted by Crippen LogP contribution is -2.50. The van der Waals surface area contributed by atoms with Gasteiger partial charge in [-0.15, -0.1) is 0 Å². The fourth-order valence-corrected chi connectivity index (χ4v) is 3.00. The molecule has 1 amide bonds. The highest BCUT2D eigenvalue weighted by Crippen LogP contribution is 2.35. The number of likely N-dealkylation sites (tertiary alicyclic amines) is 1. The van der Waals surface area contributed by atoms with Crippen molar-refractivity contribution >= 4 is 5.91 Å². The van der Waals surface area contributed by atoms with E-state index < -0.39 is 5.60 Å². The van der Waals surface area contributed by atoms with Gasteiger partial charge in [0, 0.05) is 18.7 Å². The summed E-state index contributed by atoms with van der Waals surface area (Å²) >= 11 is 0. The number of aliphatic hydroxyl groups is 1. The first-order valence-corrected chi connectivity index (χ1v) is 6.80. The number of nitrogens with zero attached hydrogens (tertiary/aromatic N) is 1. The lowest BCUT2D eigenvalue weighted by molar-refractivity contribution is -0.139. The van der Waals surface area contributed by atoms with Crippen LogP contribution in [0.25, 0.3) is 0 Å². The summed E-state index contributed by atoms with van der Waals surface area (Å²) in [5, 5.41) is 10.1. The molecule has 2 unspecified atom stereocenters. The second kappa shape index (κ2) is 4.53. The molecule has 4 nitrogen and oxygen atoms in total. The summed E-state index contributed by atoms with van der Waals surface area (Å²) in [5.74, 6) is 0.666.